The van der Waals surface area contributed by atoms with Crippen molar-refractivity contribution in [3.8, 4) is 0 Å². The molecule has 0 fully saturated rings. The number of rotatable bonds is 3. The van der Waals surface area contributed by atoms with Crippen LogP contribution in [0.25, 0.3) is 0 Å². The Morgan fingerprint density at radius 2 is 1.78 bits per heavy atom. The van der Waals surface area contributed by atoms with E-state index in [1.165, 1.54) is 4.72 Å². The first kappa shape index (κ1) is 14.7. The van der Waals surface area contributed by atoms with Crippen LogP contribution >= 0.6 is 12.2 Å². The largest absolute Gasteiger partial charge is 0.516 e. The highest BCUT2D eigenvalue weighted by atomic mass is 32.2. The minimum atomic E-state index is -5.46. The molecule has 0 aliphatic rings. The van der Waals surface area contributed by atoms with Gasteiger partial charge in [0.05, 0.1) is 0 Å². The summed E-state index contributed by atoms with van der Waals surface area (Å²) >= 11 is 4.47. The molecule has 1 rings (SSSR count). The van der Waals surface area contributed by atoms with E-state index in [9.17, 15) is 21.6 Å². The summed E-state index contributed by atoms with van der Waals surface area (Å²) in [4.78, 5) is 0. The molecule has 0 unspecified atom stereocenters. The molecular weight excluding hydrogens is 289 g/mol. The van der Waals surface area contributed by atoms with Crippen LogP contribution in [-0.4, -0.2) is 19.0 Å². The summed E-state index contributed by atoms with van der Waals surface area (Å²) in [5.74, 6) is 0. The van der Waals surface area contributed by atoms with E-state index in [-0.39, 0.29) is 6.54 Å². The highest BCUT2D eigenvalue weighted by Gasteiger charge is 2.46. The molecule has 0 aliphatic carbocycles. The van der Waals surface area contributed by atoms with E-state index in [0.29, 0.717) is 0 Å². The lowest BCUT2D eigenvalue weighted by Gasteiger charge is -2.12. The summed E-state index contributed by atoms with van der Waals surface area (Å²) in [6.07, 6.45) is 0. The van der Waals surface area contributed by atoms with E-state index < -0.39 is 20.6 Å². The van der Waals surface area contributed by atoms with Gasteiger partial charge in [0.1, 0.15) is 0 Å². The van der Waals surface area contributed by atoms with E-state index in [1.807, 2.05) is 0 Å². The van der Waals surface area contributed by atoms with Crippen LogP contribution in [0, 0.1) is 0 Å². The minimum absolute atomic E-state index is 0.125. The van der Waals surface area contributed by atoms with Gasteiger partial charge in [-0.15, -0.1) is 0 Å². The monoisotopic (exact) mass is 298 g/mol. The Labute approximate surface area is 107 Å². The second-order valence-corrected chi connectivity index (χ2v) is 5.30. The lowest BCUT2D eigenvalue weighted by atomic mass is 10.2. The number of halogens is 3. The Morgan fingerprint density at radius 3 is 2.28 bits per heavy atom. The first-order chi connectivity index (χ1) is 8.22. The summed E-state index contributed by atoms with van der Waals surface area (Å²) in [6.45, 7) is 0.125. The van der Waals surface area contributed by atoms with Crippen molar-refractivity contribution in [2.24, 2.45) is 0 Å². The fourth-order valence-electron chi connectivity index (χ4n) is 0.994. The smallest absolute Gasteiger partial charge is 0.358 e. The predicted octanol–water partition coefficient (Wildman–Crippen LogP) is 1.50. The molecular formula is C9H9F3N2O2S2. The van der Waals surface area contributed by atoms with Crippen molar-refractivity contribution in [3.63, 3.8) is 0 Å². The Kier molecular flexibility index (Phi) is 4.52. The van der Waals surface area contributed by atoms with Gasteiger partial charge in [-0.1, -0.05) is 30.3 Å². The molecule has 0 saturated carbocycles. The van der Waals surface area contributed by atoms with Gasteiger partial charge in [-0.3, -0.25) is 4.72 Å². The van der Waals surface area contributed by atoms with Gasteiger partial charge in [0.25, 0.3) is 0 Å². The van der Waals surface area contributed by atoms with Gasteiger partial charge in [-0.05, 0) is 17.8 Å². The van der Waals surface area contributed by atoms with Crippen LogP contribution in [0.2, 0.25) is 0 Å². The van der Waals surface area contributed by atoms with Gasteiger partial charge in [0, 0.05) is 6.54 Å². The van der Waals surface area contributed by atoms with Crippen molar-refractivity contribution < 1.29 is 21.6 Å². The zero-order valence-electron chi connectivity index (χ0n) is 8.86. The van der Waals surface area contributed by atoms with Crippen LogP contribution in [0.5, 0.6) is 0 Å². The van der Waals surface area contributed by atoms with Crippen LogP contribution in [0.1, 0.15) is 5.56 Å². The first-order valence-corrected chi connectivity index (χ1v) is 6.52. The average Bonchev–Trinajstić information content (AvgIpc) is 2.26. The van der Waals surface area contributed by atoms with Crippen LogP contribution in [0.4, 0.5) is 13.2 Å². The van der Waals surface area contributed by atoms with E-state index in [2.05, 4.69) is 17.5 Å². The maximum absolute atomic E-state index is 12.0. The number of thiocarbonyl (C=S) groups is 1. The first-order valence-electron chi connectivity index (χ1n) is 4.63. The van der Waals surface area contributed by atoms with Gasteiger partial charge in [-0.25, -0.2) is 0 Å². The molecule has 0 heterocycles. The van der Waals surface area contributed by atoms with Crippen molar-refractivity contribution in [2.45, 2.75) is 12.1 Å². The standard InChI is InChI=1S/C9H9F3N2O2S2/c10-9(11,12)18(15,16)14-8(17)13-6-7-4-2-1-3-5-7/h1-5H,6H2,(H2,13,14,17). The highest BCUT2D eigenvalue weighted by Crippen LogP contribution is 2.21. The number of alkyl halides is 3. The van der Waals surface area contributed by atoms with Crippen LogP contribution in [0.15, 0.2) is 30.3 Å². The second-order valence-electron chi connectivity index (χ2n) is 3.22. The Morgan fingerprint density at radius 1 is 1.22 bits per heavy atom. The number of benzene rings is 1. The van der Waals surface area contributed by atoms with Crippen molar-refractivity contribution in [1.82, 2.24) is 10.0 Å². The third-order valence-electron chi connectivity index (χ3n) is 1.83. The van der Waals surface area contributed by atoms with E-state index in [4.69, 9.17) is 0 Å². The lowest BCUT2D eigenvalue weighted by molar-refractivity contribution is -0.0442. The van der Waals surface area contributed by atoms with Crippen molar-refractivity contribution in [3.05, 3.63) is 35.9 Å². The van der Waals surface area contributed by atoms with Gasteiger partial charge in [0.15, 0.2) is 5.11 Å². The molecule has 1 aromatic rings. The molecule has 0 aliphatic heterocycles. The maximum atomic E-state index is 12.0. The van der Waals surface area contributed by atoms with Gasteiger partial charge < -0.3 is 5.32 Å². The molecule has 0 amide bonds. The molecule has 0 bridgehead atoms. The summed E-state index contributed by atoms with van der Waals surface area (Å²) in [5.41, 5.74) is -4.63. The molecule has 4 nitrogen and oxygen atoms in total. The lowest BCUT2D eigenvalue weighted by Crippen LogP contribution is -2.44. The van der Waals surface area contributed by atoms with Crippen molar-refractivity contribution >= 4 is 27.4 Å². The Balaban J connectivity index is 2.54. The number of hydrogen-bond acceptors (Lipinski definition) is 3. The third kappa shape index (κ3) is 4.15. The Bertz CT molecular complexity index is 514. The summed E-state index contributed by atoms with van der Waals surface area (Å²) in [7, 11) is -5.46. The maximum Gasteiger partial charge on any atom is 0.516 e. The molecule has 1 aromatic carbocycles. The molecule has 9 heteroatoms. The quantitative estimate of drug-likeness (QED) is 0.830. The molecule has 0 radical (unpaired) electrons. The molecule has 0 saturated heterocycles. The molecule has 2 N–H and O–H groups in total. The fraction of sp³-hybridized carbons (Fsp3) is 0.222. The van der Waals surface area contributed by atoms with Crippen molar-refractivity contribution in [2.75, 3.05) is 0 Å². The number of sulfonamides is 1. The fourth-order valence-corrected chi connectivity index (χ4v) is 1.83. The van der Waals surface area contributed by atoms with E-state index in [0.717, 1.165) is 5.56 Å². The predicted molar refractivity (Wildman–Crippen MR) is 64.0 cm³/mol. The molecule has 0 spiro atoms. The average molecular weight is 298 g/mol. The van der Waals surface area contributed by atoms with Gasteiger partial charge in [-0.2, -0.15) is 21.6 Å². The molecule has 0 atom stereocenters. The topological polar surface area (TPSA) is 58.2 Å². The van der Waals surface area contributed by atoms with Crippen LogP contribution < -0.4 is 10.0 Å². The SMILES string of the molecule is O=S(=O)(NC(=S)NCc1ccccc1)C(F)(F)F. The second kappa shape index (κ2) is 5.53. The normalized spacial score (nSPS) is 11.9. The zero-order valence-corrected chi connectivity index (χ0v) is 10.5. The van der Waals surface area contributed by atoms with Crippen molar-refractivity contribution in [1.29, 1.82) is 0 Å². The van der Waals surface area contributed by atoms with Crippen LogP contribution in [0.3, 0.4) is 0 Å². The van der Waals surface area contributed by atoms with Gasteiger partial charge >= 0.3 is 15.5 Å². The Hall–Kier alpha value is -1.35. The summed E-state index contributed by atoms with van der Waals surface area (Å²) in [5, 5.41) is 1.77. The molecule has 18 heavy (non-hydrogen) atoms. The third-order valence-corrected chi connectivity index (χ3v) is 3.29. The summed E-state index contributed by atoms with van der Waals surface area (Å²) in [6, 6.07) is 8.68. The molecule has 100 valence electrons. The summed E-state index contributed by atoms with van der Waals surface area (Å²) < 4.78 is 58.7. The van der Waals surface area contributed by atoms with Crippen LogP contribution in [-0.2, 0) is 16.6 Å². The van der Waals surface area contributed by atoms with Gasteiger partial charge in [0.2, 0.25) is 0 Å². The highest BCUT2D eigenvalue weighted by molar-refractivity contribution is 7.92. The van der Waals surface area contributed by atoms with E-state index >= 15 is 0 Å². The van der Waals surface area contributed by atoms with E-state index in [1.54, 1.807) is 30.3 Å². The number of hydrogen-bond donors (Lipinski definition) is 2. The zero-order chi connectivity index (χ0) is 13.8. The molecule has 0 aromatic heterocycles. The number of nitrogens with one attached hydrogen (secondary N) is 2. The minimum Gasteiger partial charge on any atom is -0.358 e.